The predicted molar refractivity (Wildman–Crippen MR) is 54.3 cm³/mol. The second kappa shape index (κ2) is 5.29. The van der Waals surface area contributed by atoms with Gasteiger partial charge < -0.3 is 14.9 Å². The molecule has 1 aromatic rings. The number of hydrogen-bond acceptors (Lipinski definition) is 4. The lowest BCUT2D eigenvalue weighted by atomic mass is 10.1. The number of hydrogen-bond donors (Lipinski definition) is 2. The average Bonchev–Trinajstić information content (AvgIpc) is 2.28. The third kappa shape index (κ3) is 2.90. The highest BCUT2D eigenvalue weighted by Crippen LogP contribution is 2.24. The van der Waals surface area contributed by atoms with Gasteiger partial charge in [0.05, 0.1) is 6.61 Å². The fourth-order valence-corrected chi connectivity index (χ4v) is 1.10. The Balaban J connectivity index is 2.95. The normalized spacial score (nSPS) is 11.9. The molecule has 1 aromatic carbocycles. The van der Waals surface area contributed by atoms with E-state index in [0.717, 1.165) is 6.08 Å². The van der Waals surface area contributed by atoms with E-state index in [4.69, 9.17) is 9.84 Å². The number of carbonyl (C=O) groups is 1. The molecule has 0 aliphatic carbocycles. The van der Waals surface area contributed by atoms with Crippen molar-refractivity contribution in [1.82, 2.24) is 0 Å². The molecule has 0 saturated heterocycles. The van der Waals surface area contributed by atoms with Crippen LogP contribution >= 0.6 is 0 Å². The maximum Gasteiger partial charge on any atom is 0.335 e. The summed E-state index contributed by atoms with van der Waals surface area (Å²) in [5.74, 6) is -0.378. The van der Waals surface area contributed by atoms with Gasteiger partial charge in [-0.15, -0.1) is 0 Å². The van der Waals surface area contributed by atoms with E-state index in [-0.39, 0.29) is 5.75 Å². The van der Waals surface area contributed by atoms with Crippen molar-refractivity contribution in [2.75, 3.05) is 6.61 Å². The lowest BCUT2D eigenvalue weighted by Crippen LogP contribution is -2.09. The fourth-order valence-electron chi connectivity index (χ4n) is 1.10. The van der Waals surface area contributed by atoms with Gasteiger partial charge in [-0.1, -0.05) is 24.8 Å². The van der Waals surface area contributed by atoms with E-state index in [9.17, 15) is 9.90 Å². The Morgan fingerprint density at radius 2 is 2.20 bits per heavy atom. The molecule has 0 aliphatic heterocycles. The maximum atomic E-state index is 11.0. The molecule has 0 spiro atoms. The minimum Gasteiger partial charge on any atom is -0.423 e. The van der Waals surface area contributed by atoms with Crippen molar-refractivity contribution < 1.29 is 19.7 Å². The molecular weight excluding hydrogens is 196 g/mol. The summed E-state index contributed by atoms with van der Waals surface area (Å²) in [6.45, 7) is 2.84. The molecule has 0 fully saturated rings. The number of benzene rings is 1. The Morgan fingerprint density at radius 1 is 1.53 bits per heavy atom. The Kier molecular flexibility index (Phi) is 4.03. The smallest absolute Gasteiger partial charge is 0.335 e. The van der Waals surface area contributed by atoms with E-state index < -0.39 is 18.7 Å². The molecule has 1 unspecified atom stereocenters. The van der Waals surface area contributed by atoms with Gasteiger partial charge in [0.1, 0.15) is 11.9 Å². The lowest BCUT2D eigenvalue weighted by Gasteiger charge is -2.12. The zero-order valence-electron chi connectivity index (χ0n) is 8.09. The summed E-state index contributed by atoms with van der Waals surface area (Å²) in [5.41, 5.74) is 0.371. The summed E-state index contributed by atoms with van der Waals surface area (Å²) in [6, 6.07) is 6.46. The molecule has 0 heterocycles. The van der Waals surface area contributed by atoms with Gasteiger partial charge in [0, 0.05) is 11.6 Å². The van der Waals surface area contributed by atoms with Crippen molar-refractivity contribution in [3.63, 3.8) is 0 Å². The summed E-state index contributed by atoms with van der Waals surface area (Å²) in [7, 11) is 0. The van der Waals surface area contributed by atoms with E-state index in [2.05, 4.69) is 6.58 Å². The van der Waals surface area contributed by atoms with Crippen LogP contribution in [0, 0.1) is 0 Å². The van der Waals surface area contributed by atoms with Crippen LogP contribution in [-0.2, 0) is 4.79 Å². The average molecular weight is 208 g/mol. The van der Waals surface area contributed by atoms with Crippen LogP contribution in [0.1, 0.15) is 11.7 Å². The SMILES string of the molecule is C=CC(=O)Oc1ccccc1C(O)CO. The van der Waals surface area contributed by atoms with Crippen LogP contribution in [0.15, 0.2) is 36.9 Å². The Hall–Kier alpha value is -1.65. The van der Waals surface area contributed by atoms with Crippen molar-refractivity contribution in [3.8, 4) is 5.75 Å². The number of ether oxygens (including phenoxy) is 1. The van der Waals surface area contributed by atoms with Gasteiger partial charge in [-0.3, -0.25) is 0 Å². The first-order valence-corrected chi connectivity index (χ1v) is 4.41. The summed E-state index contributed by atoms with van der Waals surface area (Å²) >= 11 is 0. The van der Waals surface area contributed by atoms with E-state index in [1.54, 1.807) is 18.2 Å². The van der Waals surface area contributed by atoms with Gasteiger partial charge in [-0.05, 0) is 6.07 Å². The van der Waals surface area contributed by atoms with Crippen molar-refractivity contribution in [3.05, 3.63) is 42.5 Å². The van der Waals surface area contributed by atoms with Gasteiger partial charge in [0.2, 0.25) is 0 Å². The van der Waals surface area contributed by atoms with Gasteiger partial charge in [0.15, 0.2) is 0 Å². The van der Waals surface area contributed by atoms with Crippen LogP contribution in [0.3, 0.4) is 0 Å². The highest BCUT2D eigenvalue weighted by Gasteiger charge is 2.13. The quantitative estimate of drug-likeness (QED) is 0.436. The number of carbonyl (C=O) groups excluding carboxylic acids is 1. The van der Waals surface area contributed by atoms with Crippen LogP contribution in [0.4, 0.5) is 0 Å². The van der Waals surface area contributed by atoms with Crippen LogP contribution < -0.4 is 4.74 Å². The molecule has 2 N–H and O–H groups in total. The first kappa shape index (κ1) is 11.4. The second-order valence-corrected chi connectivity index (χ2v) is 2.86. The van der Waals surface area contributed by atoms with Crippen molar-refractivity contribution in [2.45, 2.75) is 6.10 Å². The predicted octanol–water partition coefficient (Wildman–Crippen LogP) is 0.804. The molecule has 0 saturated carbocycles. The Morgan fingerprint density at radius 3 is 2.80 bits per heavy atom. The number of aliphatic hydroxyl groups excluding tert-OH is 2. The number of rotatable bonds is 4. The molecule has 4 heteroatoms. The van der Waals surface area contributed by atoms with Gasteiger partial charge in [-0.25, -0.2) is 4.79 Å². The van der Waals surface area contributed by atoms with Crippen LogP contribution in [0.2, 0.25) is 0 Å². The third-order valence-electron chi connectivity index (χ3n) is 1.83. The summed E-state index contributed by atoms with van der Waals surface area (Å²) in [4.78, 5) is 11.0. The maximum absolute atomic E-state index is 11.0. The number of esters is 1. The zero-order chi connectivity index (χ0) is 11.3. The minimum absolute atomic E-state index is 0.226. The van der Waals surface area contributed by atoms with Crippen LogP contribution in [-0.4, -0.2) is 22.8 Å². The van der Waals surface area contributed by atoms with E-state index >= 15 is 0 Å². The molecule has 1 rings (SSSR count). The van der Waals surface area contributed by atoms with Gasteiger partial charge in [0.25, 0.3) is 0 Å². The van der Waals surface area contributed by atoms with E-state index in [1.807, 2.05) is 0 Å². The topological polar surface area (TPSA) is 66.8 Å². The monoisotopic (exact) mass is 208 g/mol. The Labute approximate surface area is 87.4 Å². The molecule has 0 amide bonds. The molecule has 0 radical (unpaired) electrons. The highest BCUT2D eigenvalue weighted by atomic mass is 16.5. The molecule has 1 atom stereocenters. The first-order valence-electron chi connectivity index (χ1n) is 4.41. The largest absolute Gasteiger partial charge is 0.423 e. The number of aliphatic hydroxyl groups is 2. The summed E-state index contributed by atoms with van der Waals surface area (Å²) < 4.78 is 4.89. The molecular formula is C11H12O4. The number of para-hydroxylation sites is 1. The summed E-state index contributed by atoms with van der Waals surface area (Å²) in [6.07, 6.45) is -0.0268. The minimum atomic E-state index is -1.06. The Bertz CT molecular complexity index is 359. The fraction of sp³-hybridized carbons (Fsp3) is 0.182. The second-order valence-electron chi connectivity index (χ2n) is 2.86. The highest BCUT2D eigenvalue weighted by molar-refractivity contribution is 5.83. The molecule has 0 aromatic heterocycles. The van der Waals surface area contributed by atoms with Crippen molar-refractivity contribution in [1.29, 1.82) is 0 Å². The molecule has 0 bridgehead atoms. The lowest BCUT2D eigenvalue weighted by molar-refractivity contribution is -0.129. The van der Waals surface area contributed by atoms with Crippen LogP contribution in [0.25, 0.3) is 0 Å². The van der Waals surface area contributed by atoms with Crippen molar-refractivity contribution in [2.24, 2.45) is 0 Å². The van der Waals surface area contributed by atoms with E-state index in [1.165, 1.54) is 6.07 Å². The zero-order valence-corrected chi connectivity index (χ0v) is 8.09. The molecule has 80 valence electrons. The van der Waals surface area contributed by atoms with E-state index in [0.29, 0.717) is 5.56 Å². The molecule has 4 nitrogen and oxygen atoms in total. The summed E-state index contributed by atoms with van der Waals surface area (Å²) in [5, 5.41) is 18.2. The standard InChI is InChI=1S/C11H12O4/c1-2-11(14)15-10-6-4-3-5-8(10)9(13)7-12/h2-6,9,12-13H,1,7H2. The van der Waals surface area contributed by atoms with Gasteiger partial charge >= 0.3 is 5.97 Å². The van der Waals surface area contributed by atoms with Crippen LogP contribution in [0.5, 0.6) is 5.75 Å². The molecule has 0 aliphatic rings. The van der Waals surface area contributed by atoms with Gasteiger partial charge in [-0.2, -0.15) is 0 Å². The molecule has 15 heavy (non-hydrogen) atoms. The first-order chi connectivity index (χ1) is 7.19. The third-order valence-corrected chi connectivity index (χ3v) is 1.83. The van der Waals surface area contributed by atoms with Crippen molar-refractivity contribution >= 4 is 5.97 Å².